The molecule has 0 aliphatic rings. The number of rotatable bonds is 0. The molecule has 0 aliphatic heterocycles. The topological polar surface area (TPSA) is 145 Å². The van der Waals surface area contributed by atoms with Gasteiger partial charge < -0.3 is 12.3 Å². The van der Waals surface area contributed by atoms with E-state index in [1.54, 1.807) is 0 Å². The van der Waals surface area contributed by atoms with Gasteiger partial charge in [0, 0.05) is 0 Å². The van der Waals surface area contributed by atoms with Crippen LogP contribution in [0.5, 0.6) is 0 Å². The number of hydrogen-bond donors (Lipinski definition) is 4. The normalized spacial score (nSPS) is 2.57. The maximum atomic E-state index is 8.41. The molecule has 0 heterocycles. The van der Waals surface area contributed by atoms with E-state index in [0.717, 1.165) is 0 Å². The van der Waals surface area contributed by atoms with Gasteiger partial charge in [-0.2, -0.15) is 0 Å². The van der Waals surface area contributed by atoms with Gasteiger partial charge in [-0.1, -0.05) is 0 Å². The minimum atomic E-state index is -1.44. The Kier molecular flexibility index (Phi) is 642. The van der Waals surface area contributed by atoms with Crippen LogP contribution in [0.25, 0.3) is 0 Å². The SMILES string of the molecule is N.N.OO.[O]=[Mn]=[O]. The molecule has 0 rings (SSSR count). The predicted octanol–water partition coefficient (Wildman–Crippen LogP) is 0.101. The van der Waals surface area contributed by atoms with Crippen molar-refractivity contribution in [3.8, 4) is 0 Å². The van der Waals surface area contributed by atoms with E-state index in [0.29, 0.717) is 0 Å². The summed E-state index contributed by atoms with van der Waals surface area (Å²) in [5, 5.41) is 12.0. The molecular formula is H8MnN2O4. The van der Waals surface area contributed by atoms with Crippen molar-refractivity contribution in [1.29, 1.82) is 0 Å². The molecule has 0 aromatic heterocycles. The van der Waals surface area contributed by atoms with Crippen molar-refractivity contribution in [3.05, 3.63) is 0 Å². The van der Waals surface area contributed by atoms with Crippen molar-refractivity contribution in [2.24, 2.45) is 0 Å². The van der Waals surface area contributed by atoms with Crippen molar-refractivity contribution in [3.63, 3.8) is 0 Å². The third-order valence-corrected chi connectivity index (χ3v) is 0. The molecule has 7 heteroatoms. The van der Waals surface area contributed by atoms with E-state index >= 15 is 0 Å². The fourth-order valence-electron chi connectivity index (χ4n) is 0. The van der Waals surface area contributed by atoms with Crippen LogP contribution in [0.3, 0.4) is 0 Å². The Morgan fingerprint density at radius 1 is 1.00 bits per heavy atom. The van der Waals surface area contributed by atoms with Crippen molar-refractivity contribution in [1.82, 2.24) is 12.3 Å². The maximum absolute atomic E-state index is 8.41. The van der Waals surface area contributed by atoms with Crippen LogP contribution in [-0.4, -0.2) is 10.5 Å². The Hall–Kier alpha value is -0.0405. The third kappa shape index (κ3) is 56900. The van der Waals surface area contributed by atoms with Crippen LogP contribution in [0.1, 0.15) is 0 Å². The van der Waals surface area contributed by atoms with Crippen molar-refractivity contribution >= 4 is 0 Å². The van der Waals surface area contributed by atoms with Gasteiger partial charge in [-0.15, -0.1) is 0 Å². The zero-order chi connectivity index (χ0) is 4.71. The van der Waals surface area contributed by atoms with Crippen LogP contribution in [0.15, 0.2) is 0 Å². The molecule has 7 heavy (non-hydrogen) atoms. The van der Waals surface area contributed by atoms with Gasteiger partial charge in [-0.3, -0.25) is 10.5 Å². The average molecular weight is 155 g/mol. The van der Waals surface area contributed by atoms with E-state index in [2.05, 4.69) is 0 Å². The van der Waals surface area contributed by atoms with E-state index in [-0.39, 0.29) is 12.3 Å². The standard InChI is InChI=1S/Mn.2H3N.H2O2.2O/c;;;1-2;;/h;2*1H3;1-2H;;. The Morgan fingerprint density at radius 3 is 1.00 bits per heavy atom. The first kappa shape index (κ1) is 28.2. The summed E-state index contributed by atoms with van der Waals surface area (Å²) in [4.78, 5) is 0. The molecule has 0 aliphatic carbocycles. The van der Waals surface area contributed by atoms with Gasteiger partial charge in [0.05, 0.1) is 0 Å². The Morgan fingerprint density at radius 2 is 1.00 bits per heavy atom. The second-order valence-corrected chi connectivity index (χ2v) is 0.260. The summed E-state index contributed by atoms with van der Waals surface area (Å²) in [6.07, 6.45) is 0. The molecule has 0 saturated carbocycles. The van der Waals surface area contributed by atoms with Crippen LogP contribution < -0.4 is 12.3 Å². The zero-order valence-corrected chi connectivity index (χ0v) is 4.68. The van der Waals surface area contributed by atoms with E-state index in [1.165, 1.54) is 0 Å². The van der Waals surface area contributed by atoms with Gasteiger partial charge in [0.25, 0.3) is 0 Å². The fourth-order valence-corrected chi connectivity index (χ4v) is 0. The molecule has 0 aromatic rings. The zero-order valence-electron chi connectivity index (χ0n) is 3.50. The molecular weight excluding hydrogens is 147 g/mol. The second-order valence-electron chi connectivity index (χ2n) is 0.0630. The molecule has 0 bridgehead atoms. The summed E-state index contributed by atoms with van der Waals surface area (Å²) in [6, 6.07) is 0. The van der Waals surface area contributed by atoms with E-state index in [1.807, 2.05) is 0 Å². The summed E-state index contributed by atoms with van der Waals surface area (Å²) < 4.78 is 16.8. The van der Waals surface area contributed by atoms with Crippen molar-refractivity contribution in [2.75, 3.05) is 0 Å². The summed E-state index contributed by atoms with van der Waals surface area (Å²) in [5.74, 6) is 0. The molecule has 0 saturated heterocycles. The summed E-state index contributed by atoms with van der Waals surface area (Å²) in [7, 11) is 0. The minimum absolute atomic E-state index is 0. The Bertz CT molecular complexity index is 30.7. The Balaban J connectivity index is -0.0000000105. The molecule has 49 valence electrons. The first-order valence-electron chi connectivity index (χ1n) is 0.509. The molecule has 0 fully saturated rings. The molecule has 0 atom stereocenters. The average Bonchev–Trinajstić information content (AvgIpc) is 1.46. The molecule has 0 spiro atoms. The first-order valence-corrected chi connectivity index (χ1v) is 1.47. The summed E-state index contributed by atoms with van der Waals surface area (Å²) in [6.45, 7) is 0. The van der Waals surface area contributed by atoms with Crippen LogP contribution in [0.4, 0.5) is 0 Å². The monoisotopic (exact) mass is 155 g/mol. The summed E-state index contributed by atoms with van der Waals surface area (Å²) in [5.41, 5.74) is 0. The van der Waals surface area contributed by atoms with Gasteiger partial charge in [0.15, 0.2) is 0 Å². The van der Waals surface area contributed by atoms with Gasteiger partial charge in [0.1, 0.15) is 0 Å². The molecule has 0 amide bonds. The van der Waals surface area contributed by atoms with Crippen molar-refractivity contribution in [2.45, 2.75) is 0 Å². The third-order valence-electron chi connectivity index (χ3n) is 0. The van der Waals surface area contributed by atoms with E-state index < -0.39 is 14.8 Å². The predicted molar refractivity (Wildman–Crippen MR) is 16.7 cm³/mol. The number of hydrogen-bond acceptors (Lipinski definition) is 6. The van der Waals surface area contributed by atoms with Gasteiger partial charge in [-0.05, 0) is 0 Å². The molecule has 0 unspecified atom stereocenters. The quantitative estimate of drug-likeness (QED) is 0.221. The van der Waals surface area contributed by atoms with Crippen LogP contribution >= 0.6 is 0 Å². The molecule has 0 aromatic carbocycles. The molecule has 6 nitrogen and oxygen atoms in total. The summed E-state index contributed by atoms with van der Waals surface area (Å²) >= 11 is -1.44. The van der Waals surface area contributed by atoms with E-state index in [9.17, 15) is 0 Å². The van der Waals surface area contributed by atoms with Crippen LogP contribution in [-0.2, 0) is 22.5 Å². The van der Waals surface area contributed by atoms with Crippen molar-refractivity contribution < 1.29 is 33.0 Å². The van der Waals surface area contributed by atoms with Gasteiger partial charge in [-0.25, -0.2) is 0 Å². The fraction of sp³-hybridized carbons (Fsp3) is 0. The van der Waals surface area contributed by atoms with Crippen LogP contribution in [0.2, 0.25) is 0 Å². The first-order chi connectivity index (χ1) is 2.41. The van der Waals surface area contributed by atoms with E-state index in [4.69, 9.17) is 18.2 Å². The van der Waals surface area contributed by atoms with Crippen LogP contribution in [0, 0.1) is 0 Å². The molecule has 0 radical (unpaired) electrons. The second kappa shape index (κ2) is 159. The van der Waals surface area contributed by atoms with Gasteiger partial charge >= 0.3 is 22.5 Å². The molecule has 8 N–H and O–H groups in total. The Labute approximate surface area is 46.2 Å². The van der Waals surface area contributed by atoms with Gasteiger partial charge in [0.2, 0.25) is 0 Å².